The number of Topliss-reactive ketones (excluding diaryl/α,β-unsaturated/α-hetero) is 1. The van der Waals surface area contributed by atoms with E-state index in [0.29, 0.717) is 23.8 Å². The second kappa shape index (κ2) is 5.32. The molecule has 3 aliphatic rings. The highest BCUT2D eigenvalue weighted by Gasteiger charge is 2.40. The van der Waals surface area contributed by atoms with Crippen LogP contribution in [0.25, 0.3) is 0 Å². The molecule has 2 aliphatic heterocycles. The summed E-state index contributed by atoms with van der Waals surface area (Å²) in [6.45, 7) is 0. The van der Waals surface area contributed by atoms with Gasteiger partial charge in [0.1, 0.15) is 5.78 Å². The molecule has 18 heavy (non-hydrogen) atoms. The number of hydrogen-bond acceptors (Lipinski definition) is 2. The van der Waals surface area contributed by atoms with E-state index in [4.69, 9.17) is 0 Å². The molecular weight excluding hydrogens is 222 g/mol. The summed E-state index contributed by atoms with van der Waals surface area (Å²) >= 11 is 0. The Morgan fingerprint density at radius 2 is 1.61 bits per heavy atom. The standard InChI is InChI=1S/C16H27NO/c1-17-14-7-8-15(17)11-13(10-14)16(18)9-12-5-3-2-4-6-12/h12-15H,2-11H2,1H3. The van der Waals surface area contributed by atoms with Gasteiger partial charge in [-0.25, -0.2) is 0 Å². The third-order valence-electron chi connectivity index (χ3n) is 5.77. The quantitative estimate of drug-likeness (QED) is 0.764. The zero-order chi connectivity index (χ0) is 12.5. The SMILES string of the molecule is CN1C2CCC1CC(C(=O)CC1CCCCC1)C2. The molecule has 0 aromatic heterocycles. The number of piperidine rings is 1. The average Bonchev–Trinajstić information content (AvgIpc) is 2.63. The second-order valence-corrected chi connectivity index (χ2v) is 6.89. The van der Waals surface area contributed by atoms with E-state index in [2.05, 4.69) is 11.9 Å². The first-order chi connectivity index (χ1) is 8.74. The maximum absolute atomic E-state index is 12.5. The zero-order valence-corrected chi connectivity index (χ0v) is 11.7. The molecule has 0 amide bonds. The minimum Gasteiger partial charge on any atom is -0.300 e. The lowest BCUT2D eigenvalue weighted by Crippen LogP contribution is -2.42. The van der Waals surface area contributed by atoms with Gasteiger partial charge in [0.2, 0.25) is 0 Å². The number of hydrogen-bond donors (Lipinski definition) is 0. The molecule has 102 valence electrons. The van der Waals surface area contributed by atoms with Crippen LogP contribution in [-0.2, 0) is 4.79 Å². The van der Waals surface area contributed by atoms with Gasteiger partial charge in [0.15, 0.2) is 0 Å². The maximum Gasteiger partial charge on any atom is 0.136 e. The van der Waals surface area contributed by atoms with Gasteiger partial charge in [-0.1, -0.05) is 32.1 Å². The van der Waals surface area contributed by atoms with Crippen LogP contribution in [0.15, 0.2) is 0 Å². The molecule has 0 aromatic rings. The first-order valence-corrected chi connectivity index (χ1v) is 7.98. The van der Waals surface area contributed by atoms with Crippen molar-refractivity contribution in [2.75, 3.05) is 7.05 Å². The molecule has 1 aliphatic carbocycles. The van der Waals surface area contributed by atoms with Crippen molar-refractivity contribution in [2.24, 2.45) is 11.8 Å². The van der Waals surface area contributed by atoms with Gasteiger partial charge in [-0.15, -0.1) is 0 Å². The predicted molar refractivity (Wildman–Crippen MR) is 73.5 cm³/mol. The largest absolute Gasteiger partial charge is 0.300 e. The molecule has 0 N–H and O–H groups in total. The first kappa shape index (κ1) is 12.7. The third kappa shape index (κ3) is 2.49. The maximum atomic E-state index is 12.5. The Kier molecular flexibility index (Phi) is 3.74. The second-order valence-electron chi connectivity index (χ2n) is 6.89. The molecule has 2 saturated heterocycles. The Bertz CT molecular complexity index is 294. The van der Waals surface area contributed by atoms with E-state index in [1.54, 1.807) is 0 Å². The van der Waals surface area contributed by atoms with Gasteiger partial charge in [-0.05, 0) is 38.6 Å². The monoisotopic (exact) mass is 249 g/mol. The van der Waals surface area contributed by atoms with Gasteiger partial charge < -0.3 is 4.90 Å². The topological polar surface area (TPSA) is 20.3 Å². The van der Waals surface area contributed by atoms with Crippen molar-refractivity contribution in [1.82, 2.24) is 4.90 Å². The van der Waals surface area contributed by atoms with Gasteiger partial charge >= 0.3 is 0 Å². The number of carbonyl (C=O) groups excluding carboxylic acids is 1. The van der Waals surface area contributed by atoms with Crippen LogP contribution in [-0.4, -0.2) is 29.8 Å². The summed E-state index contributed by atoms with van der Waals surface area (Å²) in [5.74, 6) is 1.73. The molecule has 2 heteroatoms. The summed E-state index contributed by atoms with van der Waals surface area (Å²) in [4.78, 5) is 15.0. The molecule has 2 atom stereocenters. The van der Waals surface area contributed by atoms with Crippen molar-refractivity contribution >= 4 is 5.78 Å². The minimum atomic E-state index is 0.403. The van der Waals surface area contributed by atoms with Crippen LogP contribution < -0.4 is 0 Å². The van der Waals surface area contributed by atoms with Gasteiger partial charge in [-0.2, -0.15) is 0 Å². The Hall–Kier alpha value is -0.370. The molecule has 2 nitrogen and oxygen atoms in total. The van der Waals surface area contributed by atoms with Crippen molar-refractivity contribution < 1.29 is 4.79 Å². The molecule has 2 heterocycles. The summed E-state index contributed by atoms with van der Waals surface area (Å²) in [5.41, 5.74) is 0. The first-order valence-electron chi connectivity index (χ1n) is 7.98. The summed E-state index contributed by atoms with van der Waals surface area (Å²) in [7, 11) is 2.25. The predicted octanol–water partition coefficient (Wildman–Crippen LogP) is 3.40. The lowest BCUT2D eigenvalue weighted by molar-refractivity contribution is -0.126. The van der Waals surface area contributed by atoms with E-state index in [9.17, 15) is 4.79 Å². The van der Waals surface area contributed by atoms with Gasteiger partial charge in [0, 0.05) is 24.4 Å². The summed E-state index contributed by atoms with van der Waals surface area (Å²) < 4.78 is 0. The van der Waals surface area contributed by atoms with Crippen LogP contribution in [0.3, 0.4) is 0 Å². The highest BCUT2D eigenvalue weighted by Crippen LogP contribution is 2.39. The fourth-order valence-electron chi connectivity index (χ4n) is 4.52. The zero-order valence-electron chi connectivity index (χ0n) is 11.7. The van der Waals surface area contributed by atoms with E-state index in [1.807, 2.05) is 0 Å². The summed E-state index contributed by atoms with van der Waals surface area (Å²) in [6.07, 6.45) is 12.6. The normalized spacial score (nSPS) is 37.9. The van der Waals surface area contributed by atoms with E-state index >= 15 is 0 Å². The lowest BCUT2D eigenvalue weighted by atomic mass is 9.80. The third-order valence-corrected chi connectivity index (χ3v) is 5.77. The fourth-order valence-corrected chi connectivity index (χ4v) is 4.52. The molecule has 2 bridgehead atoms. The number of nitrogens with zero attached hydrogens (tertiary/aromatic N) is 1. The van der Waals surface area contributed by atoms with Crippen molar-refractivity contribution in [2.45, 2.75) is 76.3 Å². The Morgan fingerprint density at radius 3 is 2.22 bits per heavy atom. The summed E-state index contributed by atoms with van der Waals surface area (Å²) in [6, 6.07) is 1.42. The molecule has 0 spiro atoms. The van der Waals surface area contributed by atoms with Crippen LogP contribution in [0.4, 0.5) is 0 Å². The molecule has 0 radical (unpaired) electrons. The minimum absolute atomic E-state index is 0.403. The van der Waals surface area contributed by atoms with E-state index < -0.39 is 0 Å². The van der Waals surface area contributed by atoms with Crippen LogP contribution in [0, 0.1) is 11.8 Å². The highest BCUT2D eigenvalue weighted by molar-refractivity contribution is 5.81. The van der Waals surface area contributed by atoms with Crippen LogP contribution in [0.1, 0.15) is 64.2 Å². The van der Waals surface area contributed by atoms with Crippen molar-refractivity contribution in [3.8, 4) is 0 Å². The number of carbonyl (C=O) groups is 1. The van der Waals surface area contributed by atoms with Crippen molar-refractivity contribution in [3.05, 3.63) is 0 Å². The van der Waals surface area contributed by atoms with Crippen molar-refractivity contribution in [3.63, 3.8) is 0 Å². The summed E-state index contributed by atoms with van der Waals surface area (Å²) in [5, 5.41) is 0. The molecule has 1 saturated carbocycles. The van der Waals surface area contributed by atoms with Crippen LogP contribution in [0.5, 0.6) is 0 Å². The number of rotatable bonds is 3. The van der Waals surface area contributed by atoms with Gasteiger partial charge in [-0.3, -0.25) is 4.79 Å². The molecular formula is C16H27NO. The molecule has 0 aromatic carbocycles. The average molecular weight is 249 g/mol. The van der Waals surface area contributed by atoms with Gasteiger partial charge in [0.05, 0.1) is 0 Å². The van der Waals surface area contributed by atoms with Crippen molar-refractivity contribution in [1.29, 1.82) is 0 Å². The van der Waals surface area contributed by atoms with E-state index in [0.717, 1.165) is 25.2 Å². The molecule has 2 unspecified atom stereocenters. The number of ketones is 1. The Balaban J connectivity index is 1.53. The Labute approximate surface area is 111 Å². The van der Waals surface area contributed by atoms with Crippen LogP contribution in [0.2, 0.25) is 0 Å². The van der Waals surface area contributed by atoms with Crippen LogP contribution >= 0.6 is 0 Å². The molecule has 3 rings (SSSR count). The van der Waals surface area contributed by atoms with E-state index in [1.165, 1.54) is 44.9 Å². The lowest BCUT2D eigenvalue weighted by Gasteiger charge is -2.36. The number of fused-ring (bicyclic) bond motifs is 2. The highest BCUT2D eigenvalue weighted by atomic mass is 16.1. The fraction of sp³-hybridized carbons (Fsp3) is 0.938. The smallest absolute Gasteiger partial charge is 0.136 e. The van der Waals surface area contributed by atoms with Gasteiger partial charge in [0.25, 0.3) is 0 Å². The van der Waals surface area contributed by atoms with E-state index in [-0.39, 0.29) is 0 Å². The molecule has 3 fully saturated rings. The Morgan fingerprint density at radius 1 is 1.00 bits per heavy atom.